The second-order valence-corrected chi connectivity index (χ2v) is 8.64. The van der Waals surface area contributed by atoms with Crippen molar-refractivity contribution < 1.29 is 8.42 Å². The first-order valence-corrected chi connectivity index (χ1v) is 10.1. The Morgan fingerprint density at radius 3 is 2.48 bits per heavy atom. The molecule has 0 radical (unpaired) electrons. The summed E-state index contributed by atoms with van der Waals surface area (Å²) in [5.74, 6) is 0.227. The molecule has 2 heterocycles. The average Bonchev–Trinajstić information content (AvgIpc) is 3.13. The predicted octanol–water partition coefficient (Wildman–Crippen LogP) is 3.02. The standard InChI is InChI=1S/C20H21N3O2S.ClH/c21-11-17-13-23(14-19(17)15-6-2-1-3-7-15)26(24,25)18-10-16-8-4-5-9-20(16)22-12-18;/h1-10,12,17,19H,11,13-14,21H2;1H/t17-,19+;/m1./s1. The van der Waals surface area contributed by atoms with Crippen LogP contribution >= 0.6 is 12.4 Å². The third kappa shape index (κ3) is 3.71. The normalized spacial score (nSPS) is 20.5. The molecular weight excluding hydrogens is 382 g/mol. The number of hydrogen-bond donors (Lipinski definition) is 1. The highest BCUT2D eigenvalue weighted by Gasteiger charge is 2.39. The number of benzene rings is 2. The lowest BCUT2D eigenvalue weighted by atomic mass is 9.89. The number of nitrogens with two attached hydrogens (primary N) is 1. The molecule has 4 rings (SSSR count). The first-order chi connectivity index (χ1) is 12.6. The van der Waals surface area contributed by atoms with E-state index in [9.17, 15) is 8.42 Å². The van der Waals surface area contributed by atoms with Gasteiger partial charge in [0.1, 0.15) is 4.90 Å². The van der Waals surface area contributed by atoms with Gasteiger partial charge in [-0.3, -0.25) is 4.98 Å². The van der Waals surface area contributed by atoms with Gasteiger partial charge in [-0.1, -0.05) is 48.5 Å². The monoisotopic (exact) mass is 403 g/mol. The van der Waals surface area contributed by atoms with Gasteiger partial charge in [0, 0.05) is 30.6 Å². The van der Waals surface area contributed by atoms with Gasteiger partial charge in [-0.25, -0.2) is 8.42 Å². The van der Waals surface area contributed by atoms with Crippen LogP contribution in [0.3, 0.4) is 0 Å². The Morgan fingerprint density at radius 2 is 1.74 bits per heavy atom. The average molecular weight is 404 g/mol. The van der Waals surface area contributed by atoms with Crippen LogP contribution in [-0.2, 0) is 10.0 Å². The lowest BCUT2D eigenvalue weighted by molar-refractivity contribution is 0.459. The number of rotatable bonds is 4. The van der Waals surface area contributed by atoms with Crippen molar-refractivity contribution in [3.63, 3.8) is 0 Å². The number of pyridine rings is 1. The van der Waals surface area contributed by atoms with Crippen molar-refractivity contribution in [2.45, 2.75) is 10.8 Å². The van der Waals surface area contributed by atoms with E-state index in [0.29, 0.717) is 19.6 Å². The zero-order valence-corrected chi connectivity index (χ0v) is 16.4. The van der Waals surface area contributed by atoms with E-state index >= 15 is 0 Å². The van der Waals surface area contributed by atoms with E-state index in [2.05, 4.69) is 4.98 Å². The molecule has 3 aromatic rings. The van der Waals surface area contributed by atoms with Crippen LogP contribution in [0.5, 0.6) is 0 Å². The Balaban J connectivity index is 0.00000210. The third-order valence-electron chi connectivity index (χ3n) is 5.14. The van der Waals surface area contributed by atoms with Gasteiger partial charge >= 0.3 is 0 Å². The minimum absolute atomic E-state index is 0. The van der Waals surface area contributed by atoms with Crippen LogP contribution in [0.2, 0.25) is 0 Å². The molecule has 1 aliphatic rings. The quantitative estimate of drug-likeness (QED) is 0.726. The molecule has 5 nitrogen and oxygen atoms in total. The number of sulfonamides is 1. The number of fused-ring (bicyclic) bond motifs is 1. The fourth-order valence-corrected chi connectivity index (χ4v) is 5.19. The molecule has 27 heavy (non-hydrogen) atoms. The van der Waals surface area contributed by atoms with Gasteiger partial charge in [-0.15, -0.1) is 12.4 Å². The molecule has 0 spiro atoms. The topological polar surface area (TPSA) is 76.3 Å². The number of nitrogens with zero attached hydrogens (tertiary/aromatic N) is 2. The first kappa shape index (κ1) is 19.8. The Labute approximate surface area is 165 Å². The predicted molar refractivity (Wildman–Crippen MR) is 109 cm³/mol. The minimum atomic E-state index is -3.60. The first-order valence-electron chi connectivity index (χ1n) is 8.69. The minimum Gasteiger partial charge on any atom is -0.330 e. The van der Waals surface area contributed by atoms with E-state index in [1.807, 2.05) is 54.6 Å². The molecule has 142 valence electrons. The molecule has 0 amide bonds. The molecule has 7 heteroatoms. The Bertz CT molecular complexity index is 1030. The maximum Gasteiger partial charge on any atom is 0.244 e. The fourth-order valence-electron chi connectivity index (χ4n) is 3.69. The van der Waals surface area contributed by atoms with Gasteiger partial charge in [0.15, 0.2) is 0 Å². The van der Waals surface area contributed by atoms with E-state index in [1.54, 1.807) is 10.4 Å². The van der Waals surface area contributed by atoms with Crippen molar-refractivity contribution in [1.29, 1.82) is 0 Å². The van der Waals surface area contributed by atoms with Crippen molar-refractivity contribution in [3.8, 4) is 0 Å². The summed E-state index contributed by atoms with van der Waals surface area (Å²) in [6.45, 7) is 1.34. The van der Waals surface area contributed by atoms with Gasteiger partial charge in [0.05, 0.1) is 5.52 Å². The van der Waals surface area contributed by atoms with Crippen LogP contribution in [0, 0.1) is 5.92 Å². The van der Waals surface area contributed by atoms with E-state index in [4.69, 9.17) is 5.73 Å². The zero-order valence-electron chi connectivity index (χ0n) is 14.7. The largest absolute Gasteiger partial charge is 0.330 e. The summed E-state index contributed by atoms with van der Waals surface area (Å²) in [4.78, 5) is 4.54. The van der Waals surface area contributed by atoms with E-state index in [0.717, 1.165) is 16.5 Å². The molecule has 1 aliphatic heterocycles. The van der Waals surface area contributed by atoms with E-state index < -0.39 is 10.0 Å². The molecule has 1 fully saturated rings. The highest BCUT2D eigenvalue weighted by atomic mass is 35.5. The zero-order chi connectivity index (χ0) is 18.1. The highest BCUT2D eigenvalue weighted by Crippen LogP contribution is 2.35. The van der Waals surface area contributed by atoms with Crippen molar-refractivity contribution >= 4 is 33.3 Å². The van der Waals surface area contributed by atoms with Gasteiger partial charge in [-0.05, 0) is 30.2 Å². The summed E-state index contributed by atoms with van der Waals surface area (Å²) in [6, 6.07) is 19.2. The Hall–Kier alpha value is -1.99. The number of halogens is 1. The van der Waals surface area contributed by atoms with Crippen LogP contribution in [0.15, 0.2) is 71.8 Å². The lowest BCUT2D eigenvalue weighted by Crippen LogP contribution is -2.30. The molecule has 1 saturated heterocycles. The van der Waals surface area contributed by atoms with E-state index in [1.165, 1.54) is 6.20 Å². The van der Waals surface area contributed by atoms with Gasteiger partial charge in [0.25, 0.3) is 0 Å². The van der Waals surface area contributed by atoms with E-state index in [-0.39, 0.29) is 29.1 Å². The number of aromatic nitrogens is 1. The molecule has 0 unspecified atom stereocenters. The van der Waals surface area contributed by atoms with Crippen LogP contribution < -0.4 is 5.73 Å². The second-order valence-electron chi connectivity index (χ2n) is 6.70. The fraction of sp³-hybridized carbons (Fsp3) is 0.250. The summed E-state index contributed by atoms with van der Waals surface area (Å²) in [6.07, 6.45) is 1.45. The summed E-state index contributed by atoms with van der Waals surface area (Å²) >= 11 is 0. The van der Waals surface area contributed by atoms with Crippen molar-refractivity contribution in [1.82, 2.24) is 9.29 Å². The van der Waals surface area contributed by atoms with Crippen LogP contribution in [-0.4, -0.2) is 37.3 Å². The molecule has 0 aliphatic carbocycles. The summed E-state index contributed by atoms with van der Waals surface area (Å²) in [5.41, 5.74) is 7.87. The number of hydrogen-bond acceptors (Lipinski definition) is 4. The van der Waals surface area contributed by atoms with Crippen LogP contribution in [0.4, 0.5) is 0 Å². The molecule has 2 atom stereocenters. The molecular formula is C20H22ClN3O2S. The van der Waals surface area contributed by atoms with Crippen molar-refractivity contribution in [2.75, 3.05) is 19.6 Å². The summed E-state index contributed by atoms with van der Waals surface area (Å²) < 4.78 is 27.9. The maximum absolute atomic E-state index is 13.2. The Morgan fingerprint density at radius 1 is 1.04 bits per heavy atom. The SMILES string of the molecule is Cl.NC[C@@H]1CN(S(=O)(=O)c2cnc3ccccc3c2)C[C@H]1c1ccccc1. The van der Waals surface area contributed by atoms with Crippen molar-refractivity contribution in [3.05, 3.63) is 72.4 Å². The third-order valence-corrected chi connectivity index (χ3v) is 6.94. The number of para-hydroxylation sites is 1. The van der Waals surface area contributed by atoms with Gasteiger partial charge in [0.2, 0.25) is 10.0 Å². The summed E-state index contributed by atoms with van der Waals surface area (Å²) in [7, 11) is -3.60. The molecule has 2 aromatic carbocycles. The van der Waals surface area contributed by atoms with Gasteiger partial charge in [-0.2, -0.15) is 4.31 Å². The second kappa shape index (κ2) is 7.94. The van der Waals surface area contributed by atoms with Crippen LogP contribution in [0.25, 0.3) is 10.9 Å². The van der Waals surface area contributed by atoms with Gasteiger partial charge < -0.3 is 5.73 Å². The smallest absolute Gasteiger partial charge is 0.244 e. The molecule has 0 bridgehead atoms. The highest BCUT2D eigenvalue weighted by molar-refractivity contribution is 7.89. The van der Waals surface area contributed by atoms with Crippen LogP contribution in [0.1, 0.15) is 11.5 Å². The molecule has 2 N–H and O–H groups in total. The summed E-state index contributed by atoms with van der Waals surface area (Å²) in [5, 5.41) is 0.822. The molecule has 0 saturated carbocycles. The Kier molecular flexibility index (Phi) is 5.81. The molecule has 1 aromatic heterocycles. The maximum atomic E-state index is 13.2. The lowest BCUT2D eigenvalue weighted by Gasteiger charge is -2.17. The van der Waals surface area contributed by atoms with Crippen molar-refractivity contribution in [2.24, 2.45) is 11.7 Å².